The number of anilines is 1. The van der Waals surface area contributed by atoms with Crippen LogP contribution in [0.15, 0.2) is 60.7 Å². The molecule has 1 N–H and O–H groups in total. The minimum Gasteiger partial charge on any atom is -0.354 e. The van der Waals surface area contributed by atoms with Crippen LogP contribution in [0.1, 0.15) is 32.3 Å². The predicted molar refractivity (Wildman–Crippen MR) is 128 cm³/mol. The van der Waals surface area contributed by atoms with Crippen molar-refractivity contribution in [1.29, 1.82) is 0 Å². The van der Waals surface area contributed by atoms with Crippen LogP contribution in [-0.4, -0.2) is 57.1 Å². The first-order chi connectivity index (χ1) is 15.3. The molecular formula is C24H33N3O4S. The average molecular weight is 460 g/mol. The Morgan fingerprint density at radius 1 is 0.969 bits per heavy atom. The zero-order chi connectivity index (χ0) is 23.6. The van der Waals surface area contributed by atoms with E-state index in [0.29, 0.717) is 31.6 Å². The maximum absolute atomic E-state index is 13.4. The lowest BCUT2D eigenvalue weighted by atomic mass is 10.1. The van der Waals surface area contributed by atoms with Crippen molar-refractivity contribution in [2.75, 3.05) is 30.2 Å². The first-order valence-corrected chi connectivity index (χ1v) is 12.8. The summed E-state index contributed by atoms with van der Waals surface area (Å²) in [5.41, 5.74) is 1.45. The van der Waals surface area contributed by atoms with Gasteiger partial charge in [0.25, 0.3) is 0 Å². The van der Waals surface area contributed by atoms with Gasteiger partial charge in [0.05, 0.1) is 11.9 Å². The number of rotatable bonds is 12. The molecule has 0 saturated heterocycles. The van der Waals surface area contributed by atoms with Crippen LogP contribution in [0.5, 0.6) is 0 Å². The van der Waals surface area contributed by atoms with Crippen LogP contribution in [0.3, 0.4) is 0 Å². The lowest BCUT2D eigenvalue weighted by molar-refractivity contribution is -0.139. The minimum atomic E-state index is -3.70. The Kier molecular flexibility index (Phi) is 9.71. The number of hydrogen-bond acceptors (Lipinski definition) is 4. The third kappa shape index (κ3) is 7.37. The Bertz CT molecular complexity index is 965. The van der Waals surface area contributed by atoms with Crippen LogP contribution < -0.4 is 9.62 Å². The number of benzene rings is 2. The van der Waals surface area contributed by atoms with Crippen molar-refractivity contribution >= 4 is 27.5 Å². The first-order valence-electron chi connectivity index (χ1n) is 10.9. The van der Waals surface area contributed by atoms with Crippen molar-refractivity contribution in [3.8, 4) is 0 Å². The second-order valence-electron chi connectivity index (χ2n) is 7.64. The Balaban J connectivity index is 2.30. The van der Waals surface area contributed by atoms with Crippen molar-refractivity contribution < 1.29 is 18.0 Å². The molecule has 0 saturated carbocycles. The summed E-state index contributed by atoms with van der Waals surface area (Å²) >= 11 is 0. The summed E-state index contributed by atoms with van der Waals surface area (Å²) in [5, 5.41) is 2.87. The summed E-state index contributed by atoms with van der Waals surface area (Å²) in [7, 11) is -3.70. The van der Waals surface area contributed by atoms with Gasteiger partial charge in [-0.25, -0.2) is 8.42 Å². The summed E-state index contributed by atoms with van der Waals surface area (Å²) in [6.45, 7) is 4.28. The fourth-order valence-electron chi connectivity index (χ4n) is 3.47. The van der Waals surface area contributed by atoms with E-state index in [1.165, 1.54) is 4.90 Å². The van der Waals surface area contributed by atoms with E-state index in [1.54, 1.807) is 30.3 Å². The van der Waals surface area contributed by atoms with Crippen molar-refractivity contribution in [2.24, 2.45) is 0 Å². The van der Waals surface area contributed by atoms with Gasteiger partial charge < -0.3 is 10.2 Å². The minimum absolute atomic E-state index is 0.221. The van der Waals surface area contributed by atoms with Gasteiger partial charge in [-0.15, -0.1) is 0 Å². The standard InChI is InChI=1S/C24H33N3O4S/c1-4-17-25-24(29)22(5-2)26(18-16-20-12-8-6-9-13-20)23(28)19-27(32(3,30)31)21-14-10-7-11-15-21/h6-15,22H,4-5,16-19H2,1-3H3,(H,25,29)/t22-/m1/s1. The highest BCUT2D eigenvalue weighted by Crippen LogP contribution is 2.18. The molecule has 2 rings (SSSR count). The van der Waals surface area contributed by atoms with Crippen LogP contribution in [0.4, 0.5) is 5.69 Å². The molecule has 2 aromatic carbocycles. The van der Waals surface area contributed by atoms with E-state index < -0.39 is 22.0 Å². The van der Waals surface area contributed by atoms with Gasteiger partial charge in [0.2, 0.25) is 21.8 Å². The molecule has 8 heteroatoms. The molecular weight excluding hydrogens is 426 g/mol. The maximum Gasteiger partial charge on any atom is 0.244 e. The first kappa shape index (κ1) is 25.4. The van der Waals surface area contributed by atoms with Crippen LogP contribution in [-0.2, 0) is 26.0 Å². The smallest absolute Gasteiger partial charge is 0.244 e. The number of amides is 2. The van der Waals surface area contributed by atoms with E-state index >= 15 is 0 Å². The Morgan fingerprint density at radius 2 is 1.56 bits per heavy atom. The van der Waals surface area contributed by atoms with E-state index in [0.717, 1.165) is 22.5 Å². The molecule has 1 atom stereocenters. The number of sulfonamides is 1. The Morgan fingerprint density at radius 3 is 2.09 bits per heavy atom. The molecule has 0 aliphatic heterocycles. The van der Waals surface area contributed by atoms with Crippen molar-refractivity contribution in [3.05, 3.63) is 66.2 Å². The van der Waals surface area contributed by atoms with Crippen LogP contribution in [0.25, 0.3) is 0 Å². The topological polar surface area (TPSA) is 86.8 Å². The molecule has 0 aromatic heterocycles. The average Bonchev–Trinajstić information content (AvgIpc) is 2.78. The van der Waals surface area contributed by atoms with E-state index in [4.69, 9.17) is 0 Å². The largest absolute Gasteiger partial charge is 0.354 e. The van der Waals surface area contributed by atoms with Crippen molar-refractivity contribution in [1.82, 2.24) is 10.2 Å². The Labute approximate surface area is 191 Å². The van der Waals surface area contributed by atoms with Crippen LogP contribution >= 0.6 is 0 Å². The van der Waals surface area contributed by atoms with Gasteiger partial charge in [0.15, 0.2) is 0 Å². The quantitative estimate of drug-likeness (QED) is 0.529. The van der Waals surface area contributed by atoms with E-state index in [9.17, 15) is 18.0 Å². The number of carbonyl (C=O) groups is 2. The lowest BCUT2D eigenvalue weighted by Crippen LogP contribution is -2.53. The van der Waals surface area contributed by atoms with Gasteiger partial charge in [-0.05, 0) is 37.0 Å². The fraction of sp³-hybridized carbons (Fsp3) is 0.417. The molecule has 0 bridgehead atoms. The van der Waals surface area contributed by atoms with Gasteiger partial charge in [0.1, 0.15) is 12.6 Å². The van der Waals surface area contributed by atoms with Crippen LogP contribution in [0, 0.1) is 0 Å². The number of hydrogen-bond donors (Lipinski definition) is 1. The SMILES string of the molecule is CCCNC(=O)[C@@H](CC)N(CCc1ccccc1)C(=O)CN(c1ccccc1)S(C)(=O)=O. The van der Waals surface area contributed by atoms with Crippen molar-refractivity contribution in [3.63, 3.8) is 0 Å². The van der Waals surface area contributed by atoms with Crippen molar-refractivity contribution in [2.45, 2.75) is 39.2 Å². The summed E-state index contributed by atoms with van der Waals surface area (Å²) < 4.78 is 26.0. The maximum atomic E-state index is 13.4. The molecule has 0 spiro atoms. The molecule has 0 fully saturated rings. The van der Waals surface area contributed by atoms with Gasteiger partial charge in [-0.3, -0.25) is 13.9 Å². The molecule has 0 unspecified atom stereocenters. The molecule has 7 nitrogen and oxygen atoms in total. The molecule has 0 radical (unpaired) electrons. The highest BCUT2D eigenvalue weighted by molar-refractivity contribution is 7.92. The molecule has 0 aliphatic carbocycles. The van der Waals surface area contributed by atoms with Gasteiger partial charge in [-0.1, -0.05) is 62.4 Å². The molecule has 32 heavy (non-hydrogen) atoms. The molecule has 0 heterocycles. The Hall–Kier alpha value is -2.87. The molecule has 2 aromatic rings. The second kappa shape index (κ2) is 12.2. The van der Waals surface area contributed by atoms with Gasteiger partial charge in [0, 0.05) is 13.1 Å². The van der Waals surface area contributed by atoms with Crippen LogP contribution in [0.2, 0.25) is 0 Å². The summed E-state index contributed by atoms with van der Waals surface area (Å²) in [6, 6.07) is 17.5. The second-order valence-corrected chi connectivity index (χ2v) is 9.55. The predicted octanol–water partition coefficient (Wildman–Crippen LogP) is 2.83. The fourth-order valence-corrected chi connectivity index (χ4v) is 4.32. The highest BCUT2D eigenvalue weighted by Gasteiger charge is 2.31. The third-order valence-corrected chi connectivity index (χ3v) is 6.28. The highest BCUT2D eigenvalue weighted by atomic mass is 32.2. The van der Waals surface area contributed by atoms with Gasteiger partial charge >= 0.3 is 0 Å². The molecule has 174 valence electrons. The van der Waals surface area contributed by atoms with E-state index in [1.807, 2.05) is 44.2 Å². The zero-order valence-electron chi connectivity index (χ0n) is 19.0. The third-order valence-electron chi connectivity index (χ3n) is 5.14. The van der Waals surface area contributed by atoms with E-state index in [-0.39, 0.29) is 12.5 Å². The lowest BCUT2D eigenvalue weighted by Gasteiger charge is -2.32. The summed E-state index contributed by atoms with van der Waals surface area (Å²) in [4.78, 5) is 27.7. The number of carbonyl (C=O) groups excluding carboxylic acids is 2. The molecule has 0 aliphatic rings. The summed E-state index contributed by atoms with van der Waals surface area (Å²) in [5.74, 6) is -0.630. The van der Waals surface area contributed by atoms with E-state index in [2.05, 4.69) is 5.32 Å². The number of para-hydroxylation sites is 1. The summed E-state index contributed by atoms with van der Waals surface area (Å²) in [6.07, 6.45) is 2.86. The zero-order valence-corrected chi connectivity index (χ0v) is 19.8. The number of nitrogens with one attached hydrogen (secondary N) is 1. The van der Waals surface area contributed by atoms with Gasteiger partial charge in [-0.2, -0.15) is 0 Å². The number of nitrogens with zero attached hydrogens (tertiary/aromatic N) is 2. The molecule has 2 amide bonds. The normalized spacial score (nSPS) is 12.1. The monoisotopic (exact) mass is 459 g/mol.